The maximum Gasteiger partial charge on any atom is 0.152 e. The number of methoxy groups -OCH3 is 1. The Hall–Kier alpha value is -2.68. The maximum atomic E-state index is 5.13. The van der Waals surface area contributed by atoms with Crippen LogP contribution in [0.2, 0.25) is 0 Å². The average Bonchev–Trinajstić information content (AvgIpc) is 2.53. The van der Waals surface area contributed by atoms with E-state index in [1.54, 1.807) is 7.11 Å². The smallest absolute Gasteiger partial charge is 0.152 e. The zero-order valence-corrected chi connectivity index (χ0v) is 11.2. The average molecular weight is 262 g/mol. The maximum absolute atomic E-state index is 5.13. The van der Waals surface area contributed by atoms with Gasteiger partial charge in [-0.25, -0.2) is 9.97 Å². The van der Waals surface area contributed by atoms with Crippen LogP contribution in [0.25, 0.3) is 23.1 Å². The Labute approximate surface area is 117 Å². The van der Waals surface area contributed by atoms with Crippen molar-refractivity contribution in [1.82, 2.24) is 9.97 Å². The first-order chi connectivity index (χ1) is 9.85. The fraction of sp³-hybridized carbons (Fsp3) is 0.0588. The van der Waals surface area contributed by atoms with Crippen molar-refractivity contribution in [1.29, 1.82) is 0 Å². The molecule has 0 amide bonds. The Balaban J connectivity index is 1.85. The largest absolute Gasteiger partial charge is 0.497 e. The first-order valence-corrected chi connectivity index (χ1v) is 6.39. The summed E-state index contributed by atoms with van der Waals surface area (Å²) < 4.78 is 5.13. The summed E-state index contributed by atoms with van der Waals surface area (Å²) in [5.74, 6) is 1.56. The second-order valence-electron chi connectivity index (χ2n) is 4.39. The van der Waals surface area contributed by atoms with Crippen LogP contribution in [0.3, 0.4) is 0 Å². The summed E-state index contributed by atoms with van der Waals surface area (Å²) in [7, 11) is 1.66. The SMILES string of the molecule is COc1ccc(C=Cc2ncc3ccccc3n2)cc1. The number of aromatic nitrogens is 2. The highest BCUT2D eigenvalue weighted by Gasteiger charge is 1.96. The van der Waals surface area contributed by atoms with Gasteiger partial charge in [-0.1, -0.05) is 36.4 Å². The molecule has 20 heavy (non-hydrogen) atoms. The minimum atomic E-state index is 0.708. The van der Waals surface area contributed by atoms with Gasteiger partial charge in [0.1, 0.15) is 5.75 Å². The topological polar surface area (TPSA) is 35.0 Å². The molecule has 0 saturated carbocycles. The summed E-state index contributed by atoms with van der Waals surface area (Å²) >= 11 is 0. The molecule has 3 rings (SSSR count). The summed E-state index contributed by atoms with van der Waals surface area (Å²) in [5.41, 5.74) is 2.04. The first-order valence-electron chi connectivity index (χ1n) is 6.39. The normalized spacial score (nSPS) is 11.1. The molecule has 3 heteroatoms. The lowest BCUT2D eigenvalue weighted by molar-refractivity contribution is 0.415. The van der Waals surface area contributed by atoms with E-state index >= 15 is 0 Å². The van der Waals surface area contributed by atoms with Crippen molar-refractivity contribution in [3.63, 3.8) is 0 Å². The molecular formula is C17H14N2O. The molecule has 0 spiro atoms. The minimum absolute atomic E-state index is 0.708. The highest BCUT2D eigenvalue weighted by Crippen LogP contribution is 2.14. The van der Waals surface area contributed by atoms with E-state index in [0.29, 0.717) is 5.82 Å². The van der Waals surface area contributed by atoms with Gasteiger partial charge in [-0.3, -0.25) is 0 Å². The van der Waals surface area contributed by atoms with Crippen LogP contribution in [0.1, 0.15) is 11.4 Å². The third-order valence-corrected chi connectivity index (χ3v) is 3.05. The highest BCUT2D eigenvalue weighted by molar-refractivity contribution is 5.79. The number of hydrogen-bond acceptors (Lipinski definition) is 3. The quantitative estimate of drug-likeness (QED) is 0.720. The number of nitrogens with zero attached hydrogens (tertiary/aromatic N) is 2. The van der Waals surface area contributed by atoms with E-state index in [0.717, 1.165) is 22.2 Å². The van der Waals surface area contributed by atoms with Crippen molar-refractivity contribution in [3.8, 4) is 5.75 Å². The van der Waals surface area contributed by atoms with Gasteiger partial charge in [0.15, 0.2) is 5.82 Å². The van der Waals surface area contributed by atoms with Gasteiger partial charge < -0.3 is 4.74 Å². The number of rotatable bonds is 3. The molecule has 0 fully saturated rings. The van der Waals surface area contributed by atoms with Crippen LogP contribution in [-0.4, -0.2) is 17.1 Å². The molecule has 0 aliphatic carbocycles. The van der Waals surface area contributed by atoms with Gasteiger partial charge in [-0.15, -0.1) is 0 Å². The number of para-hydroxylation sites is 1. The van der Waals surface area contributed by atoms with Gasteiger partial charge in [0.05, 0.1) is 12.6 Å². The van der Waals surface area contributed by atoms with E-state index in [-0.39, 0.29) is 0 Å². The molecule has 2 aromatic carbocycles. The number of benzene rings is 2. The van der Waals surface area contributed by atoms with Gasteiger partial charge in [-0.2, -0.15) is 0 Å². The van der Waals surface area contributed by atoms with Crippen molar-refractivity contribution in [2.45, 2.75) is 0 Å². The lowest BCUT2D eigenvalue weighted by Crippen LogP contribution is -1.87. The predicted octanol–water partition coefficient (Wildman–Crippen LogP) is 3.81. The van der Waals surface area contributed by atoms with Crippen molar-refractivity contribution in [2.75, 3.05) is 7.11 Å². The van der Waals surface area contributed by atoms with Crippen LogP contribution in [0, 0.1) is 0 Å². The summed E-state index contributed by atoms with van der Waals surface area (Å²) in [6.07, 6.45) is 5.74. The van der Waals surface area contributed by atoms with E-state index in [4.69, 9.17) is 4.74 Å². The van der Waals surface area contributed by atoms with Gasteiger partial charge in [0, 0.05) is 11.6 Å². The lowest BCUT2D eigenvalue weighted by Gasteiger charge is -1.99. The molecule has 0 radical (unpaired) electrons. The van der Waals surface area contributed by atoms with Gasteiger partial charge >= 0.3 is 0 Å². The second-order valence-corrected chi connectivity index (χ2v) is 4.39. The van der Waals surface area contributed by atoms with E-state index in [1.165, 1.54) is 0 Å². The summed E-state index contributed by atoms with van der Waals surface area (Å²) in [6.45, 7) is 0. The molecule has 0 saturated heterocycles. The van der Waals surface area contributed by atoms with Gasteiger partial charge in [0.25, 0.3) is 0 Å². The third kappa shape index (κ3) is 2.67. The van der Waals surface area contributed by atoms with Gasteiger partial charge in [0.2, 0.25) is 0 Å². The number of hydrogen-bond donors (Lipinski definition) is 0. The highest BCUT2D eigenvalue weighted by atomic mass is 16.5. The molecule has 3 nitrogen and oxygen atoms in total. The predicted molar refractivity (Wildman–Crippen MR) is 81.5 cm³/mol. The zero-order chi connectivity index (χ0) is 13.8. The molecule has 0 bridgehead atoms. The molecule has 0 aliphatic heterocycles. The standard InChI is InChI=1S/C17H14N2O/c1-20-15-9-6-13(7-10-15)8-11-17-18-12-14-4-2-3-5-16(14)19-17/h2-12H,1H3. The third-order valence-electron chi connectivity index (χ3n) is 3.05. The van der Waals surface area contributed by atoms with Gasteiger partial charge in [-0.05, 0) is 29.8 Å². The first kappa shape index (κ1) is 12.4. The summed E-state index contributed by atoms with van der Waals surface area (Å²) in [4.78, 5) is 8.83. The van der Waals surface area contributed by atoms with E-state index in [9.17, 15) is 0 Å². The van der Waals surface area contributed by atoms with Crippen molar-refractivity contribution in [3.05, 3.63) is 66.1 Å². The Morgan fingerprint density at radius 3 is 2.55 bits per heavy atom. The Kier molecular flexibility index (Phi) is 3.42. The second kappa shape index (κ2) is 5.53. The van der Waals surface area contributed by atoms with Crippen LogP contribution in [-0.2, 0) is 0 Å². The van der Waals surface area contributed by atoms with Crippen molar-refractivity contribution in [2.24, 2.45) is 0 Å². The fourth-order valence-corrected chi connectivity index (χ4v) is 1.95. The summed E-state index contributed by atoms with van der Waals surface area (Å²) in [5, 5.41) is 1.05. The van der Waals surface area contributed by atoms with E-state index in [2.05, 4.69) is 9.97 Å². The van der Waals surface area contributed by atoms with E-state index < -0.39 is 0 Å². The Morgan fingerprint density at radius 2 is 1.75 bits per heavy atom. The van der Waals surface area contributed by atoms with Crippen LogP contribution in [0.5, 0.6) is 5.75 Å². The minimum Gasteiger partial charge on any atom is -0.497 e. The number of fused-ring (bicyclic) bond motifs is 1. The molecule has 1 aromatic heterocycles. The Bertz CT molecular complexity index is 748. The molecule has 0 atom stereocenters. The molecule has 3 aromatic rings. The number of ether oxygens (including phenoxy) is 1. The van der Waals surface area contributed by atoms with Crippen LogP contribution in [0.15, 0.2) is 54.7 Å². The monoisotopic (exact) mass is 262 g/mol. The van der Waals surface area contributed by atoms with Crippen LogP contribution >= 0.6 is 0 Å². The molecular weight excluding hydrogens is 248 g/mol. The molecule has 0 N–H and O–H groups in total. The molecule has 98 valence electrons. The molecule has 1 heterocycles. The van der Waals surface area contributed by atoms with Crippen LogP contribution in [0.4, 0.5) is 0 Å². The fourth-order valence-electron chi connectivity index (χ4n) is 1.95. The molecule has 0 aliphatic rings. The van der Waals surface area contributed by atoms with Crippen molar-refractivity contribution >= 4 is 23.1 Å². The lowest BCUT2D eigenvalue weighted by atomic mass is 10.2. The Morgan fingerprint density at radius 1 is 0.950 bits per heavy atom. The van der Waals surface area contributed by atoms with Crippen molar-refractivity contribution < 1.29 is 4.74 Å². The molecule has 0 unspecified atom stereocenters. The van der Waals surface area contributed by atoms with Crippen LogP contribution < -0.4 is 4.74 Å². The van der Waals surface area contributed by atoms with E-state index in [1.807, 2.05) is 66.9 Å². The zero-order valence-electron chi connectivity index (χ0n) is 11.2. The summed E-state index contributed by atoms with van der Waals surface area (Å²) in [6, 6.07) is 15.8.